The third-order valence-corrected chi connectivity index (χ3v) is 6.89. The Bertz CT molecular complexity index is 1130. The third kappa shape index (κ3) is 6.41. The van der Waals surface area contributed by atoms with Crippen molar-refractivity contribution >= 4 is 33.4 Å². The highest BCUT2D eigenvalue weighted by Crippen LogP contribution is 2.33. The molecule has 3 N–H and O–H groups in total. The minimum atomic E-state index is -3.73. The number of para-hydroxylation sites is 1. The van der Waals surface area contributed by atoms with Crippen LogP contribution >= 0.6 is 11.8 Å². The Balaban J connectivity index is 1.64. The summed E-state index contributed by atoms with van der Waals surface area (Å²) in [5, 5.41) is 8.15. The van der Waals surface area contributed by atoms with E-state index in [4.69, 9.17) is 5.14 Å². The van der Waals surface area contributed by atoms with E-state index in [2.05, 4.69) is 5.32 Å². The van der Waals surface area contributed by atoms with Crippen LogP contribution in [0.5, 0.6) is 0 Å². The summed E-state index contributed by atoms with van der Waals surface area (Å²) in [6.07, 6.45) is 0. The first-order valence-electron chi connectivity index (χ1n) is 9.69. The van der Waals surface area contributed by atoms with Gasteiger partial charge in [0.25, 0.3) is 0 Å². The smallest absolute Gasteiger partial charge is 0.238 e. The molecule has 0 saturated carbocycles. The maximum atomic E-state index is 12.7. The molecule has 0 radical (unpaired) electrons. The van der Waals surface area contributed by atoms with Gasteiger partial charge in [0.05, 0.1) is 17.1 Å². The first-order chi connectivity index (χ1) is 14.7. The highest BCUT2D eigenvalue weighted by molar-refractivity contribution is 7.99. The quantitative estimate of drug-likeness (QED) is 0.533. The van der Waals surface area contributed by atoms with E-state index >= 15 is 0 Å². The lowest BCUT2D eigenvalue weighted by Crippen LogP contribution is -2.32. The van der Waals surface area contributed by atoms with Gasteiger partial charge in [0.2, 0.25) is 15.9 Å². The summed E-state index contributed by atoms with van der Waals surface area (Å²) >= 11 is 1.59. The van der Waals surface area contributed by atoms with Crippen molar-refractivity contribution in [3.05, 3.63) is 84.4 Å². The third-order valence-electron chi connectivity index (χ3n) is 4.88. The lowest BCUT2D eigenvalue weighted by atomic mass is 10.1. The van der Waals surface area contributed by atoms with Crippen LogP contribution in [0.25, 0.3) is 0 Å². The van der Waals surface area contributed by atoms with Crippen molar-refractivity contribution in [2.45, 2.75) is 27.7 Å². The first-order valence-corrected chi connectivity index (χ1v) is 12.0. The molecule has 0 spiro atoms. The number of hydrogen-bond donors (Lipinski definition) is 2. The van der Waals surface area contributed by atoms with E-state index in [1.165, 1.54) is 12.1 Å². The monoisotopic (exact) mass is 455 g/mol. The Morgan fingerprint density at radius 3 is 2.26 bits per heavy atom. The lowest BCUT2D eigenvalue weighted by Gasteiger charge is -2.25. The second kappa shape index (κ2) is 10.1. The molecule has 6 nitrogen and oxygen atoms in total. The predicted molar refractivity (Wildman–Crippen MR) is 124 cm³/mol. The van der Waals surface area contributed by atoms with E-state index in [-0.39, 0.29) is 23.4 Å². The van der Waals surface area contributed by atoms with Gasteiger partial charge in [-0.15, -0.1) is 0 Å². The Labute approximate surface area is 187 Å². The maximum absolute atomic E-state index is 12.7. The molecule has 162 valence electrons. The summed E-state index contributed by atoms with van der Waals surface area (Å²) in [7, 11) is -1.88. The summed E-state index contributed by atoms with van der Waals surface area (Å²) in [5.74, 6) is -0.128. The van der Waals surface area contributed by atoms with Gasteiger partial charge in [-0.05, 0) is 55.9 Å². The zero-order chi connectivity index (χ0) is 22.4. The Morgan fingerprint density at radius 1 is 1.00 bits per heavy atom. The number of nitrogens with two attached hydrogens (primary N) is 1. The summed E-state index contributed by atoms with van der Waals surface area (Å²) < 4.78 is 22.8. The minimum absolute atomic E-state index is 0.0661. The molecule has 3 aromatic rings. The molecule has 0 fully saturated rings. The molecule has 0 heterocycles. The van der Waals surface area contributed by atoms with Crippen molar-refractivity contribution in [2.24, 2.45) is 5.14 Å². The van der Waals surface area contributed by atoms with Crippen molar-refractivity contribution in [3.8, 4) is 0 Å². The molecule has 0 saturated heterocycles. The number of carbonyl (C=O) groups excluding carboxylic acids is 1. The number of likely N-dealkylation sites (N-methyl/N-ethyl adjacent to an activating group) is 1. The predicted octanol–water partition coefficient (Wildman–Crippen LogP) is 4.12. The SMILES string of the molecule is CC(c1ccc(S(N)(=O)=O)cc1)N(C)CC(=O)Nc1ccccc1Sc1ccccc1. The number of nitrogens with zero attached hydrogens (tertiary/aromatic N) is 1. The molecule has 0 aliphatic carbocycles. The van der Waals surface area contributed by atoms with E-state index in [9.17, 15) is 13.2 Å². The Kier molecular flexibility index (Phi) is 7.50. The fraction of sp³-hybridized carbons (Fsp3) is 0.174. The molecular weight excluding hydrogens is 430 g/mol. The Hall–Kier alpha value is -2.65. The van der Waals surface area contributed by atoms with Gasteiger partial charge < -0.3 is 5.32 Å². The first kappa shape index (κ1) is 23.0. The summed E-state index contributed by atoms with van der Waals surface area (Å²) in [6.45, 7) is 2.14. The number of rotatable bonds is 8. The number of benzene rings is 3. The van der Waals surface area contributed by atoms with Gasteiger partial charge in [-0.25, -0.2) is 13.6 Å². The molecule has 3 aromatic carbocycles. The Morgan fingerprint density at radius 2 is 1.61 bits per heavy atom. The average Bonchev–Trinajstić information content (AvgIpc) is 2.74. The van der Waals surface area contributed by atoms with Crippen LogP contribution in [-0.2, 0) is 14.8 Å². The van der Waals surface area contributed by atoms with Gasteiger partial charge in [-0.3, -0.25) is 9.69 Å². The molecule has 8 heteroatoms. The van der Waals surface area contributed by atoms with Gasteiger partial charge in [0.1, 0.15) is 0 Å². The second-order valence-corrected chi connectivity index (χ2v) is 9.84. The number of primary sulfonamides is 1. The van der Waals surface area contributed by atoms with Crippen LogP contribution in [0.15, 0.2) is 93.5 Å². The molecule has 31 heavy (non-hydrogen) atoms. The van der Waals surface area contributed by atoms with Gasteiger partial charge in [0, 0.05) is 15.8 Å². The molecule has 0 bridgehead atoms. The number of sulfonamides is 1. The fourth-order valence-corrected chi connectivity index (χ4v) is 4.46. The topological polar surface area (TPSA) is 92.5 Å². The number of anilines is 1. The maximum Gasteiger partial charge on any atom is 0.238 e. The van der Waals surface area contributed by atoms with E-state index in [0.29, 0.717) is 0 Å². The molecule has 0 aliphatic rings. The van der Waals surface area contributed by atoms with E-state index in [0.717, 1.165) is 21.0 Å². The number of amides is 1. The van der Waals surface area contributed by atoms with E-state index < -0.39 is 10.0 Å². The molecule has 3 rings (SSSR count). The second-order valence-electron chi connectivity index (χ2n) is 7.16. The highest BCUT2D eigenvalue weighted by atomic mass is 32.2. The summed E-state index contributed by atoms with van der Waals surface area (Å²) in [6, 6.07) is 24.0. The van der Waals surface area contributed by atoms with Gasteiger partial charge >= 0.3 is 0 Å². The van der Waals surface area contributed by atoms with Crippen molar-refractivity contribution in [1.29, 1.82) is 0 Å². The number of carbonyl (C=O) groups is 1. The molecule has 1 atom stereocenters. The van der Waals surface area contributed by atoms with E-state index in [1.807, 2.05) is 73.5 Å². The van der Waals surface area contributed by atoms with Crippen LogP contribution in [0, 0.1) is 0 Å². The molecule has 1 amide bonds. The van der Waals surface area contributed by atoms with Crippen molar-refractivity contribution in [1.82, 2.24) is 4.90 Å². The molecule has 0 aromatic heterocycles. The van der Waals surface area contributed by atoms with Crippen LogP contribution in [0.2, 0.25) is 0 Å². The molecular formula is C23H25N3O3S2. The zero-order valence-corrected chi connectivity index (χ0v) is 19.0. The molecule has 1 unspecified atom stereocenters. The summed E-state index contributed by atoms with van der Waals surface area (Å²) in [4.78, 5) is 16.7. The van der Waals surface area contributed by atoms with Gasteiger partial charge in [-0.1, -0.05) is 54.2 Å². The standard InChI is InChI=1S/C23H25N3O3S2/c1-17(18-12-14-20(15-13-18)31(24,28)29)26(2)16-23(27)25-21-10-6-7-11-22(21)30-19-8-4-3-5-9-19/h3-15,17H,16H2,1-2H3,(H,25,27)(H2,24,28,29). The van der Waals surface area contributed by atoms with Crippen LogP contribution in [0.3, 0.4) is 0 Å². The van der Waals surface area contributed by atoms with Crippen LogP contribution in [-0.4, -0.2) is 32.8 Å². The highest BCUT2D eigenvalue weighted by Gasteiger charge is 2.17. The van der Waals surface area contributed by atoms with Crippen LogP contribution < -0.4 is 10.5 Å². The van der Waals surface area contributed by atoms with Crippen molar-refractivity contribution < 1.29 is 13.2 Å². The molecule has 0 aliphatic heterocycles. The number of nitrogens with one attached hydrogen (secondary N) is 1. The summed E-state index contributed by atoms with van der Waals surface area (Å²) in [5.41, 5.74) is 1.66. The zero-order valence-electron chi connectivity index (χ0n) is 17.4. The van der Waals surface area contributed by atoms with Crippen LogP contribution in [0.4, 0.5) is 5.69 Å². The van der Waals surface area contributed by atoms with Gasteiger partial charge in [-0.2, -0.15) is 0 Å². The van der Waals surface area contributed by atoms with E-state index in [1.54, 1.807) is 23.9 Å². The minimum Gasteiger partial charge on any atom is -0.324 e. The van der Waals surface area contributed by atoms with Crippen LogP contribution in [0.1, 0.15) is 18.5 Å². The number of hydrogen-bond acceptors (Lipinski definition) is 5. The largest absolute Gasteiger partial charge is 0.324 e. The van der Waals surface area contributed by atoms with Crippen molar-refractivity contribution in [3.63, 3.8) is 0 Å². The lowest BCUT2D eigenvalue weighted by molar-refractivity contribution is -0.117. The fourth-order valence-electron chi connectivity index (χ4n) is 3.02. The normalized spacial score (nSPS) is 12.5. The average molecular weight is 456 g/mol. The van der Waals surface area contributed by atoms with Gasteiger partial charge in [0.15, 0.2) is 0 Å². The van der Waals surface area contributed by atoms with Crippen molar-refractivity contribution in [2.75, 3.05) is 18.9 Å².